The zero-order chi connectivity index (χ0) is 28.7. The van der Waals surface area contributed by atoms with Crippen molar-refractivity contribution in [2.75, 3.05) is 10.6 Å². The third kappa shape index (κ3) is 9.04. The molecule has 4 N–H and O–H groups in total. The fourth-order valence-electron chi connectivity index (χ4n) is 3.48. The van der Waals surface area contributed by atoms with Crippen LogP contribution >= 0.6 is 46.4 Å². The quantitative estimate of drug-likeness (QED) is 0.163. The second-order valence-corrected chi connectivity index (χ2v) is 10.1. The Bertz CT molecular complexity index is 1450. The number of phenols is 2. The van der Waals surface area contributed by atoms with E-state index in [-0.39, 0.29) is 33.8 Å². The van der Waals surface area contributed by atoms with Gasteiger partial charge in [-0.05, 0) is 54.4 Å². The van der Waals surface area contributed by atoms with Crippen molar-refractivity contribution in [1.29, 1.82) is 0 Å². The Morgan fingerprint density at radius 3 is 1.59 bits per heavy atom. The van der Waals surface area contributed by atoms with Gasteiger partial charge in [-0.15, -0.1) is 0 Å². The summed E-state index contributed by atoms with van der Waals surface area (Å²) in [6, 6.07) is 19.0. The van der Waals surface area contributed by atoms with Crippen LogP contribution in [0.1, 0.15) is 22.3 Å². The maximum absolute atomic E-state index is 12.6. The third-order valence-electron chi connectivity index (χ3n) is 5.36. The van der Waals surface area contributed by atoms with Crippen LogP contribution < -0.4 is 10.6 Å². The Morgan fingerprint density at radius 1 is 0.667 bits per heavy atom. The van der Waals surface area contributed by atoms with E-state index < -0.39 is 11.7 Å². The molecule has 0 bridgehead atoms. The van der Waals surface area contributed by atoms with Gasteiger partial charge in [-0.1, -0.05) is 88.4 Å². The molecule has 206 valence electrons. The van der Waals surface area contributed by atoms with E-state index >= 15 is 0 Å². The average molecular weight is 618 g/mol. The van der Waals surface area contributed by atoms with E-state index in [4.69, 9.17) is 46.4 Å². The molecule has 0 radical (unpaired) electrons. The molecule has 4 aromatic rings. The van der Waals surface area contributed by atoms with E-state index in [1.807, 2.05) is 25.1 Å². The van der Waals surface area contributed by atoms with Gasteiger partial charge in [-0.2, -0.15) is 13.2 Å². The Hall–Kier alpha value is -2.97. The van der Waals surface area contributed by atoms with Crippen LogP contribution in [0.25, 0.3) is 0 Å². The van der Waals surface area contributed by atoms with Gasteiger partial charge >= 0.3 is 6.18 Å². The van der Waals surface area contributed by atoms with E-state index in [0.717, 1.165) is 17.7 Å². The second kappa shape index (κ2) is 13.4. The molecule has 0 saturated carbocycles. The number of halogens is 7. The number of hydrogen-bond donors (Lipinski definition) is 4. The maximum atomic E-state index is 12.6. The average Bonchev–Trinajstić information content (AvgIpc) is 2.87. The molecular weight excluding hydrogens is 595 g/mol. The van der Waals surface area contributed by atoms with Gasteiger partial charge in [-0.25, -0.2) is 0 Å². The number of alkyl halides is 3. The Labute approximate surface area is 243 Å². The van der Waals surface area contributed by atoms with Crippen molar-refractivity contribution < 1.29 is 23.4 Å². The molecule has 0 fully saturated rings. The topological polar surface area (TPSA) is 64.5 Å². The molecule has 0 atom stereocenters. The van der Waals surface area contributed by atoms with Crippen LogP contribution in [-0.2, 0) is 19.3 Å². The minimum Gasteiger partial charge on any atom is -0.504 e. The number of aromatic hydroxyl groups is 2. The number of benzene rings is 4. The van der Waals surface area contributed by atoms with Crippen LogP contribution in [0.5, 0.6) is 11.5 Å². The predicted octanol–water partition coefficient (Wildman–Crippen LogP) is 9.95. The fourth-order valence-corrected chi connectivity index (χ4v) is 4.46. The molecule has 4 rings (SSSR count). The first-order valence-electron chi connectivity index (χ1n) is 11.4. The summed E-state index contributed by atoms with van der Waals surface area (Å²) in [5, 5.41) is 26.6. The van der Waals surface area contributed by atoms with E-state index in [9.17, 15) is 23.4 Å². The summed E-state index contributed by atoms with van der Waals surface area (Å²) in [4.78, 5) is 0. The molecule has 0 heterocycles. The van der Waals surface area contributed by atoms with Crippen molar-refractivity contribution in [2.24, 2.45) is 0 Å². The molecule has 0 aliphatic carbocycles. The van der Waals surface area contributed by atoms with Crippen molar-refractivity contribution in [3.05, 3.63) is 115 Å². The third-order valence-corrected chi connectivity index (χ3v) is 6.37. The minimum absolute atomic E-state index is 0.0220. The first-order chi connectivity index (χ1) is 18.3. The van der Waals surface area contributed by atoms with Crippen molar-refractivity contribution >= 4 is 57.8 Å². The van der Waals surface area contributed by atoms with E-state index in [0.29, 0.717) is 27.8 Å². The Balaban J connectivity index is 0.000000218. The Kier molecular flexibility index (Phi) is 10.5. The van der Waals surface area contributed by atoms with Gasteiger partial charge < -0.3 is 20.8 Å². The number of phenolic OH excluding ortho intramolecular Hbond substituents is 2. The smallest absolute Gasteiger partial charge is 0.416 e. The lowest BCUT2D eigenvalue weighted by molar-refractivity contribution is -0.137. The highest BCUT2D eigenvalue weighted by Crippen LogP contribution is 2.36. The molecule has 0 aromatic heterocycles. The lowest BCUT2D eigenvalue weighted by Crippen LogP contribution is -2.07. The predicted molar refractivity (Wildman–Crippen MR) is 154 cm³/mol. The molecule has 0 saturated heterocycles. The number of anilines is 2. The summed E-state index contributed by atoms with van der Waals surface area (Å²) in [5.41, 5.74) is 2.81. The van der Waals surface area contributed by atoms with Gasteiger partial charge in [0.05, 0.1) is 27.0 Å². The van der Waals surface area contributed by atoms with Crippen LogP contribution in [0.4, 0.5) is 24.5 Å². The largest absolute Gasteiger partial charge is 0.504 e. The van der Waals surface area contributed by atoms with Crippen LogP contribution in [-0.4, -0.2) is 10.2 Å². The van der Waals surface area contributed by atoms with Gasteiger partial charge in [0.2, 0.25) is 0 Å². The highest BCUT2D eigenvalue weighted by molar-refractivity contribution is 6.36. The van der Waals surface area contributed by atoms with Gasteiger partial charge in [0.1, 0.15) is 0 Å². The number of nitrogens with one attached hydrogen (secondary N) is 2. The van der Waals surface area contributed by atoms with E-state index in [2.05, 4.69) is 16.7 Å². The number of aryl methyl sites for hydroxylation is 1. The second-order valence-electron chi connectivity index (χ2n) is 8.46. The van der Waals surface area contributed by atoms with Crippen molar-refractivity contribution in [3.63, 3.8) is 0 Å². The summed E-state index contributed by atoms with van der Waals surface area (Å²) in [6.45, 7) is 2.73. The summed E-state index contributed by atoms with van der Waals surface area (Å²) in [6.07, 6.45) is -4.39. The highest BCUT2D eigenvalue weighted by atomic mass is 35.5. The van der Waals surface area contributed by atoms with Crippen molar-refractivity contribution in [1.82, 2.24) is 0 Å². The van der Waals surface area contributed by atoms with Gasteiger partial charge in [0.15, 0.2) is 11.5 Å². The van der Waals surface area contributed by atoms with E-state index in [1.54, 1.807) is 12.1 Å². The zero-order valence-corrected chi connectivity index (χ0v) is 23.4. The minimum atomic E-state index is -4.39. The summed E-state index contributed by atoms with van der Waals surface area (Å²) in [5.74, 6) is -0.179. The molecule has 0 spiro atoms. The van der Waals surface area contributed by atoms with Crippen molar-refractivity contribution in [2.45, 2.75) is 26.2 Å². The molecule has 0 amide bonds. The fraction of sp³-hybridized carbons (Fsp3) is 0.143. The van der Waals surface area contributed by atoms with Crippen LogP contribution in [0.15, 0.2) is 72.8 Å². The lowest BCUT2D eigenvalue weighted by Gasteiger charge is -2.12. The first-order valence-corrected chi connectivity index (χ1v) is 12.9. The molecule has 4 nitrogen and oxygen atoms in total. The number of rotatable bonds is 6. The molecule has 4 aromatic carbocycles. The monoisotopic (exact) mass is 616 g/mol. The molecule has 0 aliphatic heterocycles. The molecular formula is C28H23Cl4F3N2O2. The standard InChI is InChI=1S/C14H10Cl2F3NO.C14H13Cl2NO/c15-10-5-11(16)13(21)12(6-10)20-7-8-2-1-3-9(4-8)14(17,18)19;1-9-3-2-4-10(5-9)8-17-13-7-11(15)6-12(16)14(13)18/h1-6,20-21H,7H2;2-7,17-18H,8H2,1H3. The lowest BCUT2D eigenvalue weighted by atomic mass is 10.1. The van der Waals surface area contributed by atoms with Gasteiger partial charge in [0.25, 0.3) is 0 Å². The molecule has 39 heavy (non-hydrogen) atoms. The molecule has 0 aliphatic rings. The summed E-state index contributed by atoms with van der Waals surface area (Å²) in [7, 11) is 0. The van der Waals surface area contributed by atoms with Crippen LogP contribution in [0.3, 0.4) is 0 Å². The zero-order valence-electron chi connectivity index (χ0n) is 20.4. The molecule has 0 unspecified atom stereocenters. The summed E-state index contributed by atoms with van der Waals surface area (Å²) >= 11 is 23.3. The molecule has 11 heteroatoms. The first kappa shape index (κ1) is 30.6. The van der Waals surface area contributed by atoms with E-state index in [1.165, 1.54) is 29.8 Å². The van der Waals surface area contributed by atoms with Gasteiger partial charge in [0, 0.05) is 23.1 Å². The Morgan fingerprint density at radius 2 is 1.13 bits per heavy atom. The highest BCUT2D eigenvalue weighted by Gasteiger charge is 2.30. The van der Waals surface area contributed by atoms with Crippen LogP contribution in [0.2, 0.25) is 20.1 Å². The number of hydrogen-bond acceptors (Lipinski definition) is 4. The summed E-state index contributed by atoms with van der Waals surface area (Å²) < 4.78 is 37.8. The van der Waals surface area contributed by atoms with Gasteiger partial charge in [-0.3, -0.25) is 0 Å². The SMILES string of the molecule is Cc1cccc(CNc2cc(Cl)cc(Cl)c2O)c1.Oc1c(Cl)cc(Cl)cc1NCc1cccc(C(F)(F)F)c1. The normalized spacial score (nSPS) is 11.0. The van der Waals surface area contributed by atoms with Crippen LogP contribution in [0, 0.1) is 6.92 Å². The maximum Gasteiger partial charge on any atom is 0.416 e. The van der Waals surface area contributed by atoms with Crippen molar-refractivity contribution in [3.8, 4) is 11.5 Å².